The van der Waals surface area contributed by atoms with Crippen LogP contribution in [0.3, 0.4) is 0 Å². The van der Waals surface area contributed by atoms with Gasteiger partial charge in [-0.25, -0.2) is 5.10 Å². The molecule has 0 fully saturated rings. The second-order valence-corrected chi connectivity index (χ2v) is 4.22. The summed E-state index contributed by atoms with van der Waals surface area (Å²) < 4.78 is 4.82. The first kappa shape index (κ1) is 14.5. The quantitative estimate of drug-likeness (QED) is 0.876. The Morgan fingerprint density at radius 3 is 2.67 bits per heavy atom. The summed E-state index contributed by atoms with van der Waals surface area (Å²) in [4.78, 5) is 29.1. The van der Waals surface area contributed by atoms with Gasteiger partial charge in [-0.1, -0.05) is 12.1 Å². The molecular weight excluding hydrogens is 274 g/mol. The molecule has 0 saturated carbocycles. The van der Waals surface area contributed by atoms with E-state index in [1.165, 1.54) is 18.9 Å². The maximum atomic E-state index is 12.3. The molecule has 0 bridgehead atoms. The normalized spacial score (nSPS) is 10.0. The molecule has 1 aromatic carbocycles. The number of nitrogens with zero attached hydrogens (tertiary/aromatic N) is 3. The summed E-state index contributed by atoms with van der Waals surface area (Å²) in [7, 11) is 3.03. The Hall–Kier alpha value is -2.90. The van der Waals surface area contributed by atoms with E-state index in [1.54, 1.807) is 31.3 Å². The van der Waals surface area contributed by atoms with Crippen molar-refractivity contribution < 1.29 is 14.3 Å². The van der Waals surface area contributed by atoms with Gasteiger partial charge in [0.25, 0.3) is 5.91 Å². The molecule has 2 aromatic rings. The largest absolute Gasteiger partial charge is 0.466 e. The Balaban J connectivity index is 2.25. The molecule has 0 saturated heterocycles. The fourth-order valence-corrected chi connectivity index (χ4v) is 1.70. The number of para-hydroxylation sites is 1. The van der Waals surface area contributed by atoms with Crippen LogP contribution in [0, 0.1) is 0 Å². The topological polar surface area (TPSA) is 100 Å². The first-order chi connectivity index (χ1) is 10.0. The van der Waals surface area contributed by atoms with Crippen LogP contribution in [0.4, 0.5) is 11.6 Å². The van der Waals surface area contributed by atoms with Crippen molar-refractivity contribution in [2.24, 2.45) is 0 Å². The van der Waals surface area contributed by atoms with Crippen LogP contribution in [0.5, 0.6) is 6.01 Å². The zero-order valence-electron chi connectivity index (χ0n) is 11.9. The Morgan fingerprint density at radius 2 is 2.05 bits per heavy atom. The summed E-state index contributed by atoms with van der Waals surface area (Å²) in [5.41, 5.74) is 0.861. The van der Waals surface area contributed by atoms with Gasteiger partial charge in [-0.15, -0.1) is 5.10 Å². The summed E-state index contributed by atoms with van der Waals surface area (Å²) in [6, 6.07) is 6.91. The minimum Gasteiger partial charge on any atom is -0.466 e. The summed E-state index contributed by atoms with van der Waals surface area (Å²) in [6.07, 6.45) is 0. The van der Waals surface area contributed by atoms with Crippen LogP contribution in [0.15, 0.2) is 24.3 Å². The van der Waals surface area contributed by atoms with Crippen LogP contribution < -0.4 is 15.0 Å². The molecule has 0 aliphatic heterocycles. The maximum Gasteiger partial charge on any atom is 0.336 e. The number of hydrogen-bond acceptors (Lipinski definition) is 5. The van der Waals surface area contributed by atoms with E-state index >= 15 is 0 Å². The van der Waals surface area contributed by atoms with Crippen molar-refractivity contribution in [3.8, 4) is 6.01 Å². The molecule has 0 unspecified atom stereocenters. The Bertz CT molecular complexity index is 667. The Morgan fingerprint density at radius 1 is 1.33 bits per heavy atom. The molecule has 110 valence electrons. The molecular formula is C13H15N5O3. The van der Waals surface area contributed by atoms with Gasteiger partial charge in [0.2, 0.25) is 11.9 Å². The number of nitrogens with one attached hydrogen (secondary N) is 2. The molecule has 2 amide bonds. The van der Waals surface area contributed by atoms with Gasteiger partial charge in [0.05, 0.1) is 18.4 Å². The average Bonchev–Trinajstić information content (AvgIpc) is 2.94. The number of hydrogen-bond donors (Lipinski definition) is 2. The van der Waals surface area contributed by atoms with Gasteiger partial charge in [-0.05, 0) is 12.1 Å². The fraction of sp³-hybridized carbons (Fsp3) is 0.231. The van der Waals surface area contributed by atoms with Gasteiger partial charge in [0, 0.05) is 14.0 Å². The molecule has 0 spiro atoms. The Kier molecular flexibility index (Phi) is 4.17. The predicted molar refractivity (Wildman–Crippen MR) is 76.4 cm³/mol. The second kappa shape index (κ2) is 6.04. The molecule has 1 aromatic heterocycles. The van der Waals surface area contributed by atoms with Gasteiger partial charge in [-0.2, -0.15) is 4.98 Å². The van der Waals surface area contributed by atoms with Crippen LogP contribution in [-0.2, 0) is 4.79 Å². The molecule has 1 heterocycles. The van der Waals surface area contributed by atoms with Crippen molar-refractivity contribution in [1.29, 1.82) is 0 Å². The fourth-order valence-electron chi connectivity index (χ4n) is 1.70. The minimum atomic E-state index is -0.405. The standard InChI is InChI=1S/C13H15N5O3/c1-8(19)18(2)10-7-5-4-6-9(10)11(20)14-12-15-13(21-3)17-16-12/h4-7H,1-3H3,(H2,14,15,16,17,20). The highest BCUT2D eigenvalue weighted by molar-refractivity contribution is 6.09. The van der Waals surface area contributed by atoms with E-state index in [0.29, 0.717) is 11.3 Å². The number of carbonyl (C=O) groups is 2. The molecule has 0 aliphatic rings. The van der Waals surface area contributed by atoms with Gasteiger partial charge >= 0.3 is 6.01 Å². The third kappa shape index (κ3) is 3.16. The zero-order chi connectivity index (χ0) is 15.4. The van der Waals surface area contributed by atoms with E-state index in [0.717, 1.165) is 0 Å². The van der Waals surface area contributed by atoms with E-state index in [2.05, 4.69) is 20.5 Å². The summed E-state index contributed by atoms with van der Waals surface area (Å²) in [6.45, 7) is 1.43. The van der Waals surface area contributed by atoms with E-state index < -0.39 is 5.91 Å². The van der Waals surface area contributed by atoms with Crippen LogP contribution >= 0.6 is 0 Å². The first-order valence-corrected chi connectivity index (χ1v) is 6.14. The van der Waals surface area contributed by atoms with Gasteiger partial charge in [-0.3, -0.25) is 14.9 Å². The number of aromatic nitrogens is 3. The van der Waals surface area contributed by atoms with Crippen molar-refractivity contribution in [1.82, 2.24) is 15.2 Å². The first-order valence-electron chi connectivity index (χ1n) is 6.14. The number of methoxy groups -OCH3 is 1. The highest BCUT2D eigenvalue weighted by atomic mass is 16.5. The van der Waals surface area contributed by atoms with Crippen molar-refractivity contribution in [2.75, 3.05) is 24.4 Å². The number of rotatable bonds is 4. The van der Waals surface area contributed by atoms with Gasteiger partial charge < -0.3 is 9.64 Å². The molecule has 0 atom stereocenters. The number of aromatic amines is 1. The lowest BCUT2D eigenvalue weighted by Crippen LogP contribution is -2.26. The average molecular weight is 289 g/mol. The van der Waals surface area contributed by atoms with Crippen LogP contribution in [-0.4, -0.2) is 41.2 Å². The molecule has 2 rings (SSSR count). The van der Waals surface area contributed by atoms with E-state index in [4.69, 9.17) is 4.74 Å². The highest BCUT2D eigenvalue weighted by Crippen LogP contribution is 2.20. The summed E-state index contributed by atoms with van der Waals surface area (Å²) in [5, 5.41) is 8.82. The van der Waals surface area contributed by atoms with Crippen molar-refractivity contribution in [2.45, 2.75) is 6.92 Å². The lowest BCUT2D eigenvalue weighted by Gasteiger charge is -2.18. The van der Waals surface area contributed by atoms with Crippen LogP contribution in [0.1, 0.15) is 17.3 Å². The number of anilines is 2. The lowest BCUT2D eigenvalue weighted by molar-refractivity contribution is -0.116. The number of ether oxygens (including phenoxy) is 1. The van der Waals surface area contributed by atoms with E-state index in [9.17, 15) is 9.59 Å². The van der Waals surface area contributed by atoms with Gasteiger partial charge in [0.1, 0.15) is 0 Å². The molecule has 21 heavy (non-hydrogen) atoms. The number of benzene rings is 1. The lowest BCUT2D eigenvalue weighted by atomic mass is 10.1. The number of amides is 2. The molecule has 0 radical (unpaired) electrons. The third-order valence-electron chi connectivity index (χ3n) is 2.86. The summed E-state index contributed by atoms with van der Waals surface area (Å²) in [5.74, 6) is -0.411. The maximum absolute atomic E-state index is 12.3. The SMILES string of the molecule is COc1n[nH]c(NC(=O)c2ccccc2N(C)C(C)=O)n1. The smallest absolute Gasteiger partial charge is 0.336 e. The van der Waals surface area contributed by atoms with E-state index in [-0.39, 0.29) is 17.9 Å². The van der Waals surface area contributed by atoms with E-state index in [1.807, 2.05) is 0 Å². The van der Waals surface area contributed by atoms with Crippen molar-refractivity contribution in [3.05, 3.63) is 29.8 Å². The number of carbonyl (C=O) groups excluding carboxylic acids is 2. The monoisotopic (exact) mass is 289 g/mol. The number of H-pyrrole nitrogens is 1. The van der Waals surface area contributed by atoms with Crippen molar-refractivity contribution >= 4 is 23.5 Å². The summed E-state index contributed by atoms with van der Waals surface area (Å²) >= 11 is 0. The Labute approximate surface area is 121 Å². The van der Waals surface area contributed by atoms with Crippen molar-refractivity contribution in [3.63, 3.8) is 0 Å². The van der Waals surface area contributed by atoms with Crippen LogP contribution in [0.25, 0.3) is 0 Å². The third-order valence-corrected chi connectivity index (χ3v) is 2.86. The van der Waals surface area contributed by atoms with Crippen LogP contribution in [0.2, 0.25) is 0 Å². The molecule has 8 heteroatoms. The van der Waals surface area contributed by atoms with Gasteiger partial charge in [0.15, 0.2) is 0 Å². The minimum absolute atomic E-state index is 0.124. The molecule has 8 nitrogen and oxygen atoms in total. The second-order valence-electron chi connectivity index (χ2n) is 4.22. The molecule has 0 aliphatic carbocycles. The highest BCUT2D eigenvalue weighted by Gasteiger charge is 2.17. The molecule has 2 N–H and O–H groups in total. The predicted octanol–water partition coefficient (Wildman–Crippen LogP) is 1.05. The zero-order valence-corrected chi connectivity index (χ0v) is 11.9.